The predicted octanol–water partition coefficient (Wildman–Crippen LogP) is 4.82. The summed E-state index contributed by atoms with van der Waals surface area (Å²) < 4.78 is 29.9. The number of nitrogens with one attached hydrogen (secondary N) is 1. The van der Waals surface area contributed by atoms with Crippen LogP contribution in [0.25, 0.3) is 10.9 Å². The molecule has 0 unspecified atom stereocenters. The zero-order valence-electron chi connectivity index (χ0n) is 23.3. The molecule has 1 aliphatic rings. The molecule has 41 heavy (non-hydrogen) atoms. The molecule has 0 bridgehead atoms. The van der Waals surface area contributed by atoms with Gasteiger partial charge in [-0.3, -0.25) is 14.5 Å². The number of benzene rings is 2. The standard InChI is InChI=1S/C29H35ClFN5O5/c1-39-25-18-24-21(29(33-19-32-24)34-20-8-9-23(31)22(30)16-20)17-26(25)41-15-5-10-35-11-13-36(14-12-35)27(37)6-3-4-7-28(38)40-2/h8-9,16-19H,3-7,10-15H2,1-2H3,(H,32,33,34). The van der Waals surface area contributed by atoms with Crippen molar-refractivity contribution < 1.29 is 28.2 Å². The van der Waals surface area contributed by atoms with Crippen LogP contribution in [-0.2, 0) is 14.3 Å². The first kappa shape index (κ1) is 30.3. The Bertz CT molecular complexity index is 1350. The second-order valence-electron chi connectivity index (χ2n) is 9.70. The summed E-state index contributed by atoms with van der Waals surface area (Å²) in [5.74, 6) is 1.06. The maximum Gasteiger partial charge on any atom is 0.305 e. The predicted molar refractivity (Wildman–Crippen MR) is 154 cm³/mol. The third kappa shape index (κ3) is 8.40. The van der Waals surface area contributed by atoms with Gasteiger partial charge in [0, 0.05) is 62.7 Å². The van der Waals surface area contributed by atoms with Crippen molar-refractivity contribution in [2.75, 3.05) is 58.9 Å². The molecule has 0 atom stereocenters. The highest BCUT2D eigenvalue weighted by atomic mass is 35.5. The van der Waals surface area contributed by atoms with Gasteiger partial charge in [0.25, 0.3) is 0 Å². The summed E-state index contributed by atoms with van der Waals surface area (Å²) in [5.41, 5.74) is 1.26. The molecule has 1 saturated heterocycles. The smallest absolute Gasteiger partial charge is 0.305 e. The number of aromatic nitrogens is 2. The first-order valence-electron chi connectivity index (χ1n) is 13.6. The summed E-state index contributed by atoms with van der Waals surface area (Å²) >= 11 is 5.93. The molecule has 1 aliphatic heterocycles. The summed E-state index contributed by atoms with van der Waals surface area (Å²) in [7, 11) is 2.95. The fourth-order valence-electron chi connectivity index (χ4n) is 4.64. The van der Waals surface area contributed by atoms with Crippen molar-refractivity contribution in [2.24, 2.45) is 0 Å². The van der Waals surface area contributed by atoms with Gasteiger partial charge in [-0.1, -0.05) is 11.6 Å². The van der Waals surface area contributed by atoms with Gasteiger partial charge in [-0.15, -0.1) is 0 Å². The van der Waals surface area contributed by atoms with Crippen LogP contribution in [0.5, 0.6) is 11.5 Å². The van der Waals surface area contributed by atoms with Crippen LogP contribution < -0.4 is 14.8 Å². The lowest BCUT2D eigenvalue weighted by Gasteiger charge is -2.34. The van der Waals surface area contributed by atoms with Crippen molar-refractivity contribution in [2.45, 2.75) is 32.1 Å². The topological polar surface area (TPSA) is 106 Å². The quantitative estimate of drug-likeness (QED) is 0.222. The molecule has 0 radical (unpaired) electrons. The number of carbonyl (C=O) groups excluding carboxylic acids is 2. The van der Waals surface area contributed by atoms with E-state index in [1.54, 1.807) is 19.2 Å². The highest BCUT2D eigenvalue weighted by molar-refractivity contribution is 6.31. The average molecular weight is 588 g/mol. The summed E-state index contributed by atoms with van der Waals surface area (Å²) in [6.07, 6.45) is 4.39. The lowest BCUT2D eigenvalue weighted by Crippen LogP contribution is -2.48. The van der Waals surface area contributed by atoms with Crippen molar-refractivity contribution in [3.05, 3.63) is 47.5 Å². The molecule has 1 fully saturated rings. The number of carbonyl (C=O) groups is 2. The number of nitrogens with zero attached hydrogens (tertiary/aromatic N) is 4. The van der Waals surface area contributed by atoms with Gasteiger partial charge in [0.15, 0.2) is 11.5 Å². The van der Waals surface area contributed by atoms with E-state index in [4.69, 9.17) is 21.1 Å². The van der Waals surface area contributed by atoms with Gasteiger partial charge >= 0.3 is 5.97 Å². The fraction of sp³-hybridized carbons (Fsp3) is 0.448. The normalized spacial score (nSPS) is 13.7. The van der Waals surface area contributed by atoms with Crippen LogP contribution in [0.4, 0.5) is 15.9 Å². The molecule has 3 aromatic rings. The Morgan fingerprint density at radius 2 is 1.78 bits per heavy atom. The Morgan fingerprint density at radius 3 is 2.51 bits per heavy atom. The summed E-state index contributed by atoms with van der Waals surface area (Å²) in [5, 5.41) is 3.90. The number of rotatable bonds is 13. The second kappa shape index (κ2) is 14.8. The molecule has 2 aromatic carbocycles. The van der Waals surface area contributed by atoms with Gasteiger partial charge < -0.3 is 24.4 Å². The third-order valence-electron chi connectivity index (χ3n) is 6.95. The van der Waals surface area contributed by atoms with E-state index in [-0.39, 0.29) is 16.9 Å². The van der Waals surface area contributed by atoms with Crippen molar-refractivity contribution in [1.82, 2.24) is 19.8 Å². The Morgan fingerprint density at radius 1 is 1.00 bits per heavy atom. The van der Waals surface area contributed by atoms with Crippen LogP contribution in [0.2, 0.25) is 5.02 Å². The molecule has 2 heterocycles. The molecular weight excluding hydrogens is 553 g/mol. The minimum absolute atomic E-state index is 0.0135. The molecule has 1 N–H and O–H groups in total. The highest BCUT2D eigenvalue weighted by Gasteiger charge is 2.21. The minimum atomic E-state index is -0.496. The minimum Gasteiger partial charge on any atom is -0.493 e. The zero-order chi connectivity index (χ0) is 29.2. The molecule has 0 aliphatic carbocycles. The molecule has 10 nitrogen and oxygen atoms in total. The van der Waals surface area contributed by atoms with Crippen LogP contribution in [0.1, 0.15) is 32.1 Å². The largest absolute Gasteiger partial charge is 0.493 e. The van der Waals surface area contributed by atoms with Gasteiger partial charge in [-0.25, -0.2) is 14.4 Å². The zero-order valence-corrected chi connectivity index (χ0v) is 24.1. The second-order valence-corrected chi connectivity index (χ2v) is 10.1. The molecule has 220 valence electrons. The van der Waals surface area contributed by atoms with Crippen LogP contribution in [-0.4, -0.2) is 85.2 Å². The van der Waals surface area contributed by atoms with Crippen molar-refractivity contribution >= 4 is 45.9 Å². The number of halogens is 2. The van der Waals surface area contributed by atoms with E-state index in [1.807, 2.05) is 11.0 Å². The van der Waals surface area contributed by atoms with Gasteiger partial charge in [0.05, 0.1) is 31.4 Å². The van der Waals surface area contributed by atoms with E-state index in [1.165, 1.54) is 25.6 Å². The monoisotopic (exact) mass is 587 g/mol. The first-order valence-corrected chi connectivity index (χ1v) is 14.0. The molecule has 12 heteroatoms. The Balaban J connectivity index is 1.26. The van der Waals surface area contributed by atoms with Crippen LogP contribution in [0.3, 0.4) is 0 Å². The number of amides is 1. The summed E-state index contributed by atoms with van der Waals surface area (Å²) in [6.45, 7) is 4.35. The van der Waals surface area contributed by atoms with Gasteiger partial charge in [0.2, 0.25) is 5.91 Å². The van der Waals surface area contributed by atoms with E-state index < -0.39 is 5.82 Å². The number of hydrogen-bond donors (Lipinski definition) is 1. The lowest BCUT2D eigenvalue weighted by molar-refractivity contribution is -0.141. The van der Waals surface area contributed by atoms with E-state index in [2.05, 4.69) is 24.9 Å². The number of ether oxygens (including phenoxy) is 3. The van der Waals surface area contributed by atoms with Gasteiger partial charge in [-0.05, 0) is 43.5 Å². The van der Waals surface area contributed by atoms with Crippen LogP contribution >= 0.6 is 11.6 Å². The molecule has 1 amide bonds. The summed E-state index contributed by atoms with van der Waals surface area (Å²) in [6, 6.07) is 7.99. The first-order chi connectivity index (χ1) is 19.9. The molecule has 1 aromatic heterocycles. The van der Waals surface area contributed by atoms with E-state index in [0.29, 0.717) is 73.9 Å². The van der Waals surface area contributed by atoms with E-state index in [0.717, 1.165) is 31.4 Å². The Labute approximate surface area is 243 Å². The highest BCUT2D eigenvalue weighted by Crippen LogP contribution is 2.35. The van der Waals surface area contributed by atoms with Gasteiger partial charge in [0.1, 0.15) is 18.0 Å². The van der Waals surface area contributed by atoms with Crippen molar-refractivity contribution in [1.29, 1.82) is 0 Å². The summed E-state index contributed by atoms with van der Waals surface area (Å²) in [4.78, 5) is 36.6. The molecule has 0 saturated carbocycles. The maximum absolute atomic E-state index is 13.6. The number of hydrogen-bond acceptors (Lipinski definition) is 9. The number of esters is 1. The van der Waals surface area contributed by atoms with Crippen molar-refractivity contribution in [3.63, 3.8) is 0 Å². The Hall–Kier alpha value is -3.70. The number of unbranched alkanes of at least 4 members (excludes halogenated alkanes) is 1. The van der Waals surface area contributed by atoms with Gasteiger partial charge in [-0.2, -0.15) is 0 Å². The third-order valence-corrected chi connectivity index (χ3v) is 7.24. The number of piperazine rings is 1. The lowest BCUT2D eigenvalue weighted by atomic mass is 10.1. The van der Waals surface area contributed by atoms with Crippen LogP contribution in [0.15, 0.2) is 36.7 Å². The Kier molecular flexibility index (Phi) is 10.9. The number of anilines is 2. The SMILES string of the molecule is COC(=O)CCCCC(=O)N1CCN(CCCOc2cc3c(Nc4ccc(F)c(Cl)c4)ncnc3cc2OC)CC1. The molecule has 0 spiro atoms. The number of fused-ring (bicyclic) bond motifs is 1. The maximum atomic E-state index is 13.6. The fourth-order valence-corrected chi connectivity index (χ4v) is 4.82. The average Bonchev–Trinajstić information content (AvgIpc) is 2.99. The van der Waals surface area contributed by atoms with E-state index >= 15 is 0 Å². The molecular formula is C29H35ClFN5O5. The number of methoxy groups -OCH3 is 2. The molecule has 4 rings (SSSR count). The van der Waals surface area contributed by atoms with Crippen molar-refractivity contribution in [3.8, 4) is 11.5 Å². The van der Waals surface area contributed by atoms with E-state index in [9.17, 15) is 14.0 Å². The van der Waals surface area contributed by atoms with Crippen LogP contribution in [0, 0.1) is 5.82 Å².